The molecule has 5 atom stereocenters. The van der Waals surface area contributed by atoms with Crippen molar-refractivity contribution in [2.24, 2.45) is 11.3 Å². The molecule has 3 aliphatic rings. The summed E-state index contributed by atoms with van der Waals surface area (Å²) in [5.41, 5.74) is -2.43. The molecule has 14 nitrogen and oxygen atoms in total. The summed E-state index contributed by atoms with van der Waals surface area (Å²) in [6.45, 7) is 12.7. The number of hydrogen-bond donors (Lipinski definition) is 4. The smallest absolute Gasteiger partial charge is 0.315 e. The van der Waals surface area contributed by atoms with Crippen molar-refractivity contribution in [2.75, 3.05) is 13.7 Å². The zero-order valence-corrected chi connectivity index (χ0v) is 33.9. The Morgan fingerprint density at radius 3 is 2.39 bits per heavy atom. The van der Waals surface area contributed by atoms with Gasteiger partial charge in [0.2, 0.25) is 27.7 Å². The van der Waals surface area contributed by atoms with Crippen LogP contribution >= 0.6 is 0 Å². The summed E-state index contributed by atoms with van der Waals surface area (Å²) in [6, 6.07) is 10.2. The molecular weight excluding hydrogens is 756 g/mol. The third-order valence-corrected chi connectivity index (χ3v) is 12.5. The number of halogens is 1. The number of nitrogens with one attached hydrogen (secondary N) is 4. The predicted molar refractivity (Wildman–Crippen MR) is 211 cm³/mol. The Morgan fingerprint density at radius 1 is 1.07 bits per heavy atom. The number of carbonyl (C=O) groups is 4. The Hall–Kier alpha value is -5.25. The first-order chi connectivity index (χ1) is 26.7. The number of sulfonamides is 1. The molecule has 0 radical (unpaired) electrons. The normalized spacial score (nSPS) is 22.6. The number of nitrogens with zero attached hydrogens (tertiary/aromatic N) is 2. The summed E-state index contributed by atoms with van der Waals surface area (Å²) in [7, 11) is -2.36. The van der Waals surface area contributed by atoms with Gasteiger partial charge < -0.3 is 30.3 Å². The molecule has 16 heteroatoms. The average Bonchev–Trinajstić information content (AvgIpc) is 4.07. The summed E-state index contributed by atoms with van der Waals surface area (Å²) < 4.78 is 52.9. The van der Waals surface area contributed by atoms with Gasteiger partial charge in [0.05, 0.1) is 18.9 Å². The van der Waals surface area contributed by atoms with Crippen LogP contribution in [0.4, 0.5) is 9.18 Å². The number of fused-ring (bicyclic) bond motifs is 1. The molecule has 0 unspecified atom stereocenters. The van der Waals surface area contributed by atoms with E-state index in [-0.39, 0.29) is 31.1 Å². The van der Waals surface area contributed by atoms with Gasteiger partial charge in [-0.25, -0.2) is 22.6 Å². The van der Waals surface area contributed by atoms with Crippen molar-refractivity contribution in [1.29, 1.82) is 0 Å². The fourth-order valence-electron chi connectivity index (χ4n) is 7.35. The van der Waals surface area contributed by atoms with Crippen LogP contribution in [0.5, 0.6) is 11.6 Å². The summed E-state index contributed by atoms with van der Waals surface area (Å²) in [5, 5.41) is 9.37. The molecule has 57 heavy (non-hydrogen) atoms. The van der Waals surface area contributed by atoms with E-state index in [9.17, 15) is 32.0 Å². The van der Waals surface area contributed by atoms with Crippen molar-refractivity contribution >= 4 is 44.5 Å². The lowest BCUT2D eigenvalue weighted by molar-refractivity contribution is -0.142. The van der Waals surface area contributed by atoms with Crippen molar-refractivity contribution in [1.82, 2.24) is 30.6 Å². The van der Waals surface area contributed by atoms with Crippen LogP contribution in [-0.4, -0.2) is 90.2 Å². The van der Waals surface area contributed by atoms with Gasteiger partial charge in [0.15, 0.2) is 0 Å². The lowest BCUT2D eigenvalue weighted by Gasteiger charge is -2.36. The first-order valence-corrected chi connectivity index (χ1v) is 20.5. The number of hydrogen-bond acceptors (Lipinski definition) is 9. The second kappa shape index (κ2) is 15.6. The highest BCUT2D eigenvalue weighted by Crippen LogP contribution is 2.45. The van der Waals surface area contributed by atoms with Gasteiger partial charge in [-0.3, -0.25) is 19.1 Å². The second-order valence-electron chi connectivity index (χ2n) is 17.0. The molecule has 0 spiro atoms. The Kier molecular flexibility index (Phi) is 11.3. The van der Waals surface area contributed by atoms with E-state index in [4.69, 9.17) is 9.47 Å². The molecule has 1 aliphatic heterocycles. The Balaban J connectivity index is 1.26. The number of carbonyl (C=O) groups excluding carboxylic acids is 4. The van der Waals surface area contributed by atoms with E-state index >= 15 is 0 Å². The lowest BCUT2D eigenvalue weighted by Crippen LogP contribution is -2.62. The maximum atomic E-state index is 14.7. The minimum Gasteiger partial charge on any atom is -0.497 e. The van der Waals surface area contributed by atoms with Gasteiger partial charge in [-0.1, -0.05) is 39.0 Å². The standard InChI is InChI=1S/C41H51FN6O8S/c1-8-26-22-41(26,37(51)47-57(53,54)30-14-15-30)45-34(49)32-20-29(56-35-31-16-13-28(55-7)19-25(31)17-18-43-35)23-48(32)36(50)33(39(2,3)4)44-38(52)46-40(5,6)21-24-9-11-27(42)12-10-24/h8-13,16-19,26,29-30,32-33H,1,14-15,20-23H2,2-7H3,(H,45,49)(H,47,51)(H2,44,46,52)/t26-,29-,32+,33-,41-/m1/s1. The van der Waals surface area contributed by atoms with Crippen LogP contribution in [-0.2, 0) is 30.8 Å². The van der Waals surface area contributed by atoms with E-state index in [2.05, 4.69) is 32.2 Å². The number of ether oxygens (including phenoxy) is 2. The highest BCUT2D eigenvalue weighted by atomic mass is 32.2. The van der Waals surface area contributed by atoms with Crippen LogP contribution in [0.3, 0.4) is 0 Å². The van der Waals surface area contributed by atoms with Crippen molar-refractivity contribution in [3.8, 4) is 11.6 Å². The number of amides is 5. The van der Waals surface area contributed by atoms with Crippen molar-refractivity contribution in [3.05, 3.63) is 78.8 Å². The molecule has 2 heterocycles. The van der Waals surface area contributed by atoms with Crippen LogP contribution in [0.15, 0.2) is 67.4 Å². The molecule has 1 saturated heterocycles. The van der Waals surface area contributed by atoms with E-state index in [1.807, 2.05) is 6.07 Å². The Morgan fingerprint density at radius 2 is 1.77 bits per heavy atom. The minimum absolute atomic E-state index is 0.00359. The average molecular weight is 807 g/mol. The number of urea groups is 1. The van der Waals surface area contributed by atoms with E-state index in [0.29, 0.717) is 30.4 Å². The molecule has 1 aromatic heterocycles. The van der Waals surface area contributed by atoms with Crippen LogP contribution in [0.2, 0.25) is 0 Å². The number of likely N-dealkylation sites (tertiary alicyclic amines) is 1. The number of pyridine rings is 1. The predicted octanol–water partition coefficient (Wildman–Crippen LogP) is 4.14. The quantitative estimate of drug-likeness (QED) is 0.174. The van der Waals surface area contributed by atoms with E-state index in [0.717, 1.165) is 10.9 Å². The molecule has 5 amide bonds. The second-order valence-corrected chi connectivity index (χ2v) is 18.9. The molecule has 6 rings (SSSR count). The van der Waals surface area contributed by atoms with Gasteiger partial charge in [-0.05, 0) is 92.3 Å². The van der Waals surface area contributed by atoms with E-state index < -0.39 is 79.6 Å². The summed E-state index contributed by atoms with van der Waals surface area (Å²) in [6.07, 6.45) is 3.70. The monoisotopic (exact) mass is 806 g/mol. The van der Waals surface area contributed by atoms with E-state index in [1.165, 1.54) is 23.1 Å². The maximum absolute atomic E-state index is 14.7. The van der Waals surface area contributed by atoms with Gasteiger partial charge in [0.25, 0.3) is 5.91 Å². The summed E-state index contributed by atoms with van der Waals surface area (Å²) in [5.74, 6) is -2.12. The zero-order valence-electron chi connectivity index (χ0n) is 33.1. The van der Waals surface area contributed by atoms with Crippen LogP contribution in [0.1, 0.15) is 65.9 Å². The molecule has 4 N–H and O–H groups in total. The highest BCUT2D eigenvalue weighted by Gasteiger charge is 2.62. The fraction of sp³-hybridized carbons (Fsp3) is 0.488. The van der Waals surface area contributed by atoms with Crippen molar-refractivity contribution in [3.63, 3.8) is 0 Å². The number of methoxy groups -OCH3 is 1. The summed E-state index contributed by atoms with van der Waals surface area (Å²) >= 11 is 0. The molecule has 2 saturated carbocycles. The van der Waals surface area contributed by atoms with Gasteiger partial charge >= 0.3 is 6.03 Å². The maximum Gasteiger partial charge on any atom is 0.315 e. The Bertz CT molecular complexity index is 2170. The highest BCUT2D eigenvalue weighted by molar-refractivity contribution is 7.91. The SMILES string of the molecule is C=C[C@@H]1C[C@]1(NC(=O)[C@@H]1C[C@@H](Oc2nccc3cc(OC)ccc23)CN1C(=O)[C@@H](NC(=O)NC(C)(C)Cc1ccc(F)cc1)C(C)(C)C)C(=O)NS(=O)(=O)C1CC1. The molecule has 2 aliphatic carbocycles. The van der Waals surface area contributed by atoms with Crippen LogP contribution in [0.25, 0.3) is 10.8 Å². The van der Waals surface area contributed by atoms with E-state index in [1.54, 1.807) is 78.3 Å². The topological polar surface area (TPSA) is 185 Å². The van der Waals surface area contributed by atoms with Crippen molar-refractivity contribution < 1.29 is 41.5 Å². The first kappa shape index (κ1) is 41.4. The van der Waals surface area contributed by atoms with Crippen LogP contribution in [0, 0.1) is 17.2 Å². The lowest BCUT2D eigenvalue weighted by atomic mass is 9.85. The van der Waals surface area contributed by atoms with Crippen molar-refractivity contribution in [2.45, 2.75) is 101 Å². The van der Waals surface area contributed by atoms with Gasteiger partial charge in [-0.15, -0.1) is 6.58 Å². The number of aromatic nitrogens is 1. The molecule has 3 fully saturated rings. The zero-order chi connectivity index (χ0) is 41.5. The Labute approximate surface area is 332 Å². The number of benzene rings is 2. The van der Waals surface area contributed by atoms with Gasteiger partial charge in [-0.2, -0.15) is 0 Å². The molecule has 2 aromatic carbocycles. The largest absolute Gasteiger partial charge is 0.497 e. The van der Waals surface area contributed by atoms with Gasteiger partial charge in [0, 0.05) is 29.5 Å². The summed E-state index contributed by atoms with van der Waals surface area (Å²) in [4.78, 5) is 62.0. The third kappa shape index (κ3) is 9.32. The van der Waals surface area contributed by atoms with Crippen LogP contribution < -0.4 is 30.1 Å². The fourth-order valence-corrected chi connectivity index (χ4v) is 8.71. The third-order valence-electron chi connectivity index (χ3n) is 10.7. The molecular formula is C41H51FN6O8S. The molecule has 3 aromatic rings. The molecule has 306 valence electrons. The van der Waals surface area contributed by atoms with Gasteiger partial charge in [0.1, 0.15) is 35.3 Å². The minimum atomic E-state index is -3.92. The molecule has 0 bridgehead atoms. The number of rotatable bonds is 14. The first-order valence-electron chi connectivity index (χ1n) is 19.0.